The summed E-state index contributed by atoms with van der Waals surface area (Å²) in [5.41, 5.74) is 8.24. The van der Waals surface area contributed by atoms with Crippen LogP contribution in [0.2, 0.25) is 0 Å². The van der Waals surface area contributed by atoms with Gasteiger partial charge in [-0.05, 0) is 45.7 Å². The van der Waals surface area contributed by atoms with Crippen molar-refractivity contribution in [2.45, 2.75) is 52.7 Å². The zero-order chi connectivity index (χ0) is 14.8. The number of carbonyl (C=O) groups is 1. The predicted octanol–water partition coefficient (Wildman–Crippen LogP) is 2.57. The highest BCUT2D eigenvalue weighted by Gasteiger charge is 2.28. The number of nitrogens with two attached hydrogens (primary N) is 1. The van der Waals surface area contributed by atoms with Gasteiger partial charge in [0, 0.05) is 6.42 Å². The second kappa shape index (κ2) is 5.61. The molecule has 0 radical (unpaired) electrons. The van der Waals surface area contributed by atoms with Crippen molar-refractivity contribution in [3.05, 3.63) is 28.8 Å². The zero-order valence-electron chi connectivity index (χ0n) is 12.3. The van der Waals surface area contributed by atoms with Crippen LogP contribution >= 0.6 is 0 Å². The summed E-state index contributed by atoms with van der Waals surface area (Å²) >= 11 is 0. The van der Waals surface area contributed by atoms with Crippen molar-refractivity contribution in [2.24, 2.45) is 5.73 Å². The minimum Gasteiger partial charge on any atom is -0.487 e. The van der Waals surface area contributed by atoms with E-state index in [1.54, 1.807) is 0 Å². The molecule has 1 unspecified atom stereocenters. The summed E-state index contributed by atoms with van der Waals surface area (Å²) in [5, 5.41) is 8.88. The lowest BCUT2D eigenvalue weighted by Gasteiger charge is -2.30. The van der Waals surface area contributed by atoms with Crippen molar-refractivity contribution in [3.63, 3.8) is 0 Å². The highest BCUT2D eigenvalue weighted by molar-refractivity contribution is 5.73. The second-order valence-electron chi connectivity index (χ2n) is 5.74. The lowest BCUT2D eigenvalue weighted by molar-refractivity contribution is -0.139. The summed E-state index contributed by atoms with van der Waals surface area (Å²) in [6, 6.07) is 3.19. The Bertz CT molecular complexity index is 457. The van der Waals surface area contributed by atoms with Crippen LogP contribution in [0.1, 0.15) is 37.0 Å². The number of hydrogen-bond acceptors (Lipinski definition) is 3. The fourth-order valence-electron chi connectivity index (χ4n) is 2.26. The van der Waals surface area contributed by atoms with Crippen LogP contribution in [-0.2, 0) is 4.79 Å². The van der Waals surface area contributed by atoms with Crippen LogP contribution in [0.4, 0.5) is 0 Å². The molecular weight excluding hydrogens is 242 g/mol. The number of aryl methyl sites for hydroxylation is 3. The molecule has 0 aliphatic rings. The largest absolute Gasteiger partial charge is 0.487 e. The maximum absolute atomic E-state index is 10.8. The monoisotopic (exact) mass is 265 g/mol. The summed E-state index contributed by atoms with van der Waals surface area (Å²) in [6.45, 7) is 9.73. The molecule has 0 amide bonds. The van der Waals surface area contributed by atoms with E-state index in [4.69, 9.17) is 15.6 Å². The standard InChI is InChI=1S/C15H23NO3/c1-9-6-10(2)13(11(3)7-9)19-15(4,5)8-12(16)14(17)18/h6-7,12H,8,16H2,1-5H3,(H,17,18). The summed E-state index contributed by atoms with van der Waals surface area (Å²) in [6.07, 6.45) is 0.259. The van der Waals surface area contributed by atoms with Gasteiger partial charge in [0.1, 0.15) is 17.4 Å². The number of benzene rings is 1. The van der Waals surface area contributed by atoms with Crippen LogP contribution in [0.15, 0.2) is 12.1 Å². The lowest BCUT2D eigenvalue weighted by Crippen LogP contribution is -2.41. The van der Waals surface area contributed by atoms with Gasteiger partial charge in [0.05, 0.1) is 0 Å². The summed E-state index contributed by atoms with van der Waals surface area (Å²) in [4.78, 5) is 10.8. The molecule has 1 rings (SSSR count). The molecule has 19 heavy (non-hydrogen) atoms. The number of aliphatic carboxylic acids is 1. The number of ether oxygens (including phenoxy) is 1. The van der Waals surface area contributed by atoms with Crippen LogP contribution in [0.3, 0.4) is 0 Å². The third kappa shape index (κ3) is 4.24. The predicted molar refractivity (Wildman–Crippen MR) is 75.6 cm³/mol. The Hall–Kier alpha value is -1.55. The third-order valence-corrected chi connectivity index (χ3v) is 3.01. The van der Waals surface area contributed by atoms with Gasteiger partial charge in [-0.1, -0.05) is 17.7 Å². The van der Waals surface area contributed by atoms with Crippen LogP contribution in [0.25, 0.3) is 0 Å². The number of carboxylic acids is 1. The lowest BCUT2D eigenvalue weighted by atomic mass is 9.98. The van der Waals surface area contributed by atoms with Gasteiger partial charge in [0.15, 0.2) is 0 Å². The second-order valence-corrected chi connectivity index (χ2v) is 5.74. The van der Waals surface area contributed by atoms with Gasteiger partial charge < -0.3 is 15.6 Å². The molecule has 0 aliphatic carbocycles. The first-order valence-corrected chi connectivity index (χ1v) is 6.37. The fourth-order valence-corrected chi connectivity index (χ4v) is 2.26. The molecule has 3 N–H and O–H groups in total. The zero-order valence-corrected chi connectivity index (χ0v) is 12.3. The molecule has 0 fully saturated rings. The Morgan fingerprint density at radius 2 is 1.79 bits per heavy atom. The molecule has 4 heteroatoms. The van der Waals surface area contributed by atoms with E-state index < -0.39 is 17.6 Å². The molecular formula is C15H23NO3. The minimum atomic E-state index is -1.01. The molecule has 1 aromatic carbocycles. The average Bonchev–Trinajstić information content (AvgIpc) is 2.22. The van der Waals surface area contributed by atoms with E-state index in [0.29, 0.717) is 0 Å². The SMILES string of the molecule is Cc1cc(C)c(OC(C)(C)CC(N)C(=O)O)c(C)c1. The van der Waals surface area contributed by atoms with Gasteiger partial charge in [-0.15, -0.1) is 0 Å². The van der Waals surface area contributed by atoms with E-state index in [0.717, 1.165) is 16.9 Å². The molecule has 0 aromatic heterocycles. The number of rotatable bonds is 5. The normalized spacial score (nSPS) is 13.2. The Morgan fingerprint density at radius 3 is 2.21 bits per heavy atom. The average molecular weight is 265 g/mol. The highest BCUT2D eigenvalue weighted by Crippen LogP contribution is 2.29. The van der Waals surface area contributed by atoms with Gasteiger partial charge >= 0.3 is 5.97 Å². The minimum absolute atomic E-state index is 0.259. The van der Waals surface area contributed by atoms with E-state index in [1.165, 1.54) is 5.56 Å². The highest BCUT2D eigenvalue weighted by atomic mass is 16.5. The fraction of sp³-hybridized carbons (Fsp3) is 0.533. The van der Waals surface area contributed by atoms with Gasteiger partial charge in [-0.2, -0.15) is 0 Å². The first kappa shape index (κ1) is 15.5. The van der Waals surface area contributed by atoms with Crippen molar-refractivity contribution in [2.75, 3.05) is 0 Å². The summed E-state index contributed by atoms with van der Waals surface area (Å²) in [7, 11) is 0. The Labute approximate surface area is 114 Å². The smallest absolute Gasteiger partial charge is 0.320 e. The van der Waals surface area contributed by atoms with Crippen molar-refractivity contribution in [1.82, 2.24) is 0 Å². The summed E-state index contributed by atoms with van der Waals surface area (Å²) in [5.74, 6) is -0.192. The maximum atomic E-state index is 10.8. The van der Waals surface area contributed by atoms with Crippen LogP contribution in [0, 0.1) is 20.8 Å². The Morgan fingerprint density at radius 1 is 1.32 bits per heavy atom. The molecule has 0 saturated heterocycles. The first-order valence-electron chi connectivity index (χ1n) is 6.37. The van der Waals surface area contributed by atoms with Gasteiger partial charge in [-0.3, -0.25) is 4.79 Å². The van der Waals surface area contributed by atoms with Crippen molar-refractivity contribution < 1.29 is 14.6 Å². The molecule has 0 aliphatic heterocycles. The molecule has 106 valence electrons. The molecule has 0 saturated carbocycles. The molecule has 0 heterocycles. The van der Waals surface area contributed by atoms with Crippen LogP contribution < -0.4 is 10.5 Å². The Balaban J connectivity index is 2.92. The maximum Gasteiger partial charge on any atom is 0.320 e. The molecule has 0 bridgehead atoms. The molecule has 0 spiro atoms. The van der Waals surface area contributed by atoms with Gasteiger partial charge in [-0.25, -0.2) is 0 Å². The molecule has 4 nitrogen and oxygen atoms in total. The number of carboxylic acid groups (broad SMARTS) is 1. The van der Waals surface area contributed by atoms with E-state index in [1.807, 2.05) is 34.6 Å². The van der Waals surface area contributed by atoms with Crippen molar-refractivity contribution in [1.29, 1.82) is 0 Å². The van der Waals surface area contributed by atoms with Gasteiger partial charge in [0.25, 0.3) is 0 Å². The van der Waals surface area contributed by atoms with E-state index >= 15 is 0 Å². The topological polar surface area (TPSA) is 72.5 Å². The van der Waals surface area contributed by atoms with E-state index in [9.17, 15) is 4.79 Å². The van der Waals surface area contributed by atoms with E-state index in [2.05, 4.69) is 12.1 Å². The number of hydrogen-bond donors (Lipinski definition) is 2. The van der Waals surface area contributed by atoms with Crippen molar-refractivity contribution >= 4 is 5.97 Å². The first-order chi connectivity index (χ1) is 8.62. The Kier molecular flexibility index (Phi) is 4.58. The molecule has 1 aromatic rings. The molecule has 1 atom stereocenters. The third-order valence-electron chi connectivity index (χ3n) is 3.01. The van der Waals surface area contributed by atoms with Crippen molar-refractivity contribution in [3.8, 4) is 5.75 Å². The van der Waals surface area contributed by atoms with Gasteiger partial charge in [0.2, 0.25) is 0 Å². The summed E-state index contributed by atoms with van der Waals surface area (Å²) < 4.78 is 6.00. The van der Waals surface area contributed by atoms with Crippen LogP contribution in [-0.4, -0.2) is 22.7 Å². The quantitative estimate of drug-likeness (QED) is 0.858. The van der Waals surface area contributed by atoms with E-state index in [-0.39, 0.29) is 6.42 Å². The van der Waals surface area contributed by atoms with Crippen LogP contribution in [0.5, 0.6) is 5.75 Å².